The predicted molar refractivity (Wildman–Crippen MR) is 108 cm³/mol. The second kappa shape index (κ2) is 6.98. The first-order chi connectivity index (χ1) is 13.9. The lowest BCUT2D eigenvalue weighted by molar-refractivity contribution is -0.164. The second-order valence-electron chi connectivity index (χ2n) is 11.2. The number of hydrogen-bond donors (Lipinski definition) is 1. The number of ketones is 3. The van der Waals surface area contributed by atoms with Crippen molar-refractivity contribution < 1.29 is 29.0 Å². The van der Waals surface area contributed by atoms with Crippen molar-refractivity contribution in [2.24, 2.45) is 40.4 Å². The van der Waals surface area contributed by atoms with Crippen LogP contribution in [-0.2, 0) is 23.9 Å². The van der Waals surface area contributed by atoms with Crippen LogP contribution in [0.3, 0.4) is 0 Å². The number of Topliss-reactive ketones (excluding diaryl/α,β-unsaturated/α-hetero) is 3. The summed E-state index contributed by atoms with van der Waals surface area (Å²) < 4.78 is 4.95. The molecular weight excluding hydrogens is 384 g/mol. The zero-order chi connectivity index (χ0) is 22.1. The van der Waals surface area contributed by atoms with E-state index in [9.17, 15) is 24.3 Å². The van der Waals surface area contributed by atoms with Gasteiger partial charge in [-0.15, -0.1) is 0 Å². The summed E-state index contributed by atoms with van der Waals surface area (Å²) >= 11 is 0. The Morgan fingerprint density at radius 3 is 2.50 bits per heavy atom. The quantitative estimate of drug-likeness (QED) is 0.708. The predicted octanol–water partition coefficient (Wildman–Crippen LogP) is 2.89. The van der Waals surface area contributed by atoms with E-state index in [2.05, 4.69) is 6.92 Å². The van der Waals surface area contributed by atoms with E-state index in [0.717, 1.165) is 19.3 Å². The number of rotatable bonds is 3. The van der Waals surface area contributed by atoms with Gasteiger partial charge in [-0.3, -0.25) is 19.2 Å². The molecule has 6 nitrogen and oxygen atoms in total. The highest BCUT2D eigenvalue weighted by atomic mass is 16.5. The third-order valence-corrected chi connectivity index (χ3v) is 9.26. The molecule has 0 saturated heterocycles. The maximum atomic E-state index is 13.6. The lowest BCUT2D eigenvalue weighted by Crippen LogP contribution is -2.58. The molecule has 4 fully saturated rings. The molecule has 4 rings (SSSR count). The molecule has 0 spiro atoms. The molecule has 4 saturated carbocycles. The SMILES string of the molecule is CC(=O)OCC(=O)[C@@H]1[C@@]2(C)CC(=O)[C@H]3[C@@H](CCC4CC(=O)CC[C@@]43C)[C@@H]2C[C@]1(C)O. The van der Waals surface area contributed by atoms with Gasteiger partial charge in [0.05, 0.1) is 11.5 Å². The van der Waals surface area contributed by atoms with Crippen molar-refractivity contribution in [1.82, 2.24) is 0 Å². The summed E-state index contributed by atoms with van der Waals surface area (Å²) in [6.07, 6.45) is 4.43. The van der Waals surface area contributed by atoms with Gasteiger partial charge in [-0.05, 0) is 61.2 Å². The average Bonchev–Trinajstić information content (AvgIpc) is 2.84. The van der Waals surface area contributed by atoms with Gasteiger partial charge in [0.1, 0.15) is 18.2 Å². The number of esters is 1. The molecular formula is C24H34O6. The Balaban J connectivity index is 1.67. The van der Waals surface area contributed by atoms with E-state index in [1.165, 1.54) is 6.92 Å². The van der Waals surface area contributed by atoms with E-state index in [1.54, 1.807) is 6.92 Å². The minimum Gasteiger partial charge on any atom is -0.458 e. The summed E-state index contributed by atoms with van der Waals surface area (Å²) in [6, 6.07) is 0. The Bertz CT molecular complexity index is 800. The molecule has 0 aromatic heterocycles. The monoisotopic (exact) mass is 418 g/mol. The minimum atomic E-state index is -1.23. The Labute approximate surface area is 178 Å². The van der Waals surface area contributed by atoms with E-state index < -0.39 is 22.9 Å². The van der Waals surface area contributed by atoms with Gasteiger partial charge in [-0.25, -0.2) is 0 Å². The largest absolute Gasteiger partial charge is 0.458 e. The Kier molecular flexibility index (Phi) is 5.04. The molecule has 0 bridgehead atoms. The molecule has 0 aromatic rings. The van der Waals surface area contributed by atoms with Gasteiger partial charge in [0.2, 0.25) is 0 Å². The molecule has 1 N–H and O–H groups in total. The summed E-state index contributed by atoms with van der Waals surface area (Å²) in [5.74, 6) is -0.696. The molecule has 0 heterocycles. The van der Waals surface area contributed by atoms with Crippen molar-refractivity contribution in [2.75, 3.05) is 6.61 Å². The van der Waals surface area contributed by atoms with Crippen LogP contribution in [0.15, 0.2) is 0 Å². The molecule has 30 heavy (non-hydrogen) atoms. The smallest absolute Gasteiger partial charge is 0.303 e. The van der Waals surface area contributed by atoms with E-state index in [0.29, 0.717) is 25.0 Å². The van der Waals surface area contributed by atoms with Crippen LogP contribution >= 0.6 is 0 Å². The van der Waals surface area contributed by atoms with Crippen LogP contribution in [0.5, 0.6) is 0 Å². The van der Waals surface area contributed by atoms with Crippen LogP contribution in [0.2, 0.25) is 0 Å². The van der Waals surface area contributed by atoms with Crippen LogP contribution in [0.1, 0.15) is 72.6 Å². The summed E-state index contributed by atoms with van der Waals surface area (Å²) in [5.41, 5.74) is -2.03. The number of ether oxygens (including phenoxy) is 1. The summed E-state index contributed by atoms with van der Waals surface area (Å²) in [5, 5.41) is 11.3. The Morgan fingerprint density at radius 1 is 1.13 bits per heavy atom. The van der Waals surface area contributed by atoms with Crippen molar-refractivity contribution >= 4 is 23.3 Å². The van der Waals surface area contributed by atoms with Crippen LogP contribution in [0.4, 0.5) is 0 Å². The van der Waals surface area contributed by atoms with E-state index in [-0.39, 0.29) is 53.7 Å². The number of aliphatic hydroxyl groups is 1. The highest BCUT2D eigenvalue weighted by molar-refractivity contribution is 5.90. The normalized spacial score (nSPS) is 47.8. The zero-order valence-corrected chi connectivity index (χ0v) is 18.5. The van der Waals surface area contributed by atoms with Crippen molar-refractivity contribution in [2.45, 2.75) is 78.2 Å². The maximum absolute atomic E-state index is 13.6. The summed E-state index contributed by atoms with van der Waals surface area (Å²) in [4.78, 5) is 49.9. The third kappa shape index (κ3) is 3.09. The summed E-state index contributed by atoms with van der Waals surface area (Å²) in [6.45, 7) is 6.76. The molecule has 0 amide bonds. The van der Waals surface area contributed by atoms with Crippen LogP contribution < -0.4 is 0 Å². The molecule has 4 aliphatic rings. The fourth-order valence-corrected chi connectivity index (χ4v) is 8.20. The standard InChI is InChI=1S/C24H34O6/c1-13(25)30-12-19(28)21-23(3)11-18(27)20-16(17(23)10-24(21,4)29)6-5-14-9-15(26)7-8-22(14,20)2/h14,16-17,20-21,29H,5-12H2,1-4H3/t14?,16-,17-,20+,21+,22-,23-,24-/m0/s1. The number of carbonyl (C=O) groups excluding carboxylic acids is 4. The molecule has 0 aliphatic heterocycles. The lowest BCUT2D eigenvalue weighted by Gasteiger charge is -2.59. The molecule has 166 valence electrons. The molecule has 0 radical (unpaired) electrons. The van der Waals surface area contributed by atoms with Crippen molar-refractivity contribution in [3.05, 3.63) is 0 Å². The fraction of sp³-hybridized carbons (Fsp3) is 0.833. The number of fused-ring (bicyclic) bond motifs is 5. The average molecular weight is 419 g/mol. The van der Waals surface area contributed by atoms with Gasteiger partial charge in [0.15, 0.2) is 5.78 Å². The van der Waals surface area contributed by atoms with Crippen molar-refractivity contribution in [3.8, 4) is 0 Å². The number of carbonyl (C=O) groups is 4. The Morgan fingerprint density at radius 2 is 1.83 bits per heavy atom. The van der Waals surface area contributed by atoms with Gasteiger partial charge in [0, 0.05) is 32.1 Å². The van der Waals surface area contributed by atoms with Crippen LogP contribution in [-0.4, -0.2) is 40.6 Å². The van der Waals surface area contributed by atoms with Gasteiger partial charge >= 0.3 is 5.97 Å². The topological polar surface area (TPSA) is 97.7 Å². The maximum Gasteiger partial charge on any atom is 0.303 e. The van der Waals surface area contributed by atoms with Crippen LogP contribution in [0.25, 0.3) is 0 Å². The van der Waals surface area contributed by atoms with Crippen LogP contribution in [0, 0.1) is 40.4 Å². The zero-order valence-electron chi connectivity index (χ0n) is 18.5. The van der Waals surface area contributed by atoms with Crippen molar-refractivity contribution in [3.63, 3.8) is 0 Å². The van der Waals surface area contributed by atoms with E-state index in [1.807, 2.05) is 6.92 Å². The molecule has 1 unspecified atom stereocenters. The van der Waals surface area contributed by atoms with Gasteiger partial charge < -0.3 is 9.84 Å². The van der Waals surface area contributed by atoms with Gasteiger partial charge in [0.25, 0.3) is 0 Å². The molecule has 8 atom stereocenters. The second-order valence-corrected chi connectivity index (χ2v) is 11.2. The first kappa shape index (κ1) is 21.7. The lowest BCUT2D eigenvalue weighted by atomic mass is 9.44. The Hall–Kier alpha value is -1.56. The van der Waals surface area contributed by atoms with Gasteiger partial charge in [-0.2, -0.15) is 0 Å². The van der Waals surface area contributed by atoms with E-state index in [4.69, 9.17) is 4.74 Å². The molecule has 0 aromatic carbocycles. The first-order valence-corrected chi connectivity index (χ1v) is 11.3. The first-order valence-electron chi connectivity index (χ1n) is 11.3. The molecule has 6 heteroatoms. The fourth-order valence-electron chi connectivity index (χ4n) is 8.20. The minimum absolute atomic E-state index is 0.0666. The highest BCUT2D eigenvalue weighted by Crippen LogP contribution is 2.68. The summed E-state index contributed by atoms with van der Waals surface area (Å²) in [7, 11) is 0. The number of hydrogen-bond acceptors (Lipinski definition) is 6. The van der Waals surface area contributed by atoms with Gasteiger partial charge in [-0.1, -0.05) is 13.8 Å². The highest BCUT2D eigenvalue weighted by Gasteiger charge is 2.68. The van der Waals surface area contributed by atoms with Crippen molar-refractivity contribution in [1.29, 1.82) is 0 Å². The third-order valence-electron chi connectivity index (χ3n) is 9.26. The molecule has 4 aliphatic carbocycles. The van der Waals surface area contributed by atoms with E-state index >= 15 is 0 Å².